The number of benzene rings is 21. The fourth-order valence-corrected chi connectivity index (χ4v) is 23.6. The third kappa shape index (κ3) is 9.75. The standard InChI is InChI=1S/C64H42.C58H42/c1-63(2)57-32-16-28-44(62(57)53-36-39-17-3-4-18-40(39)37-58(53)63)41-19-15-20-42(35-41)60-49-24-5-7-26-51(49)61(52-27-8-6-25-50(52)60)43-33-34-48-47-23-11-14-31-56(47)64(59(48)38-43)54-29-12-9-21-45(54)46-22-10-13-30-55(46)64;1-57(2)49-29-14-13-27-46(49)56-41-22-8-7-21-40(41)47(34-52(56)57)54-44-25-11-9-23-42(44)53(43-24-10-12-26-45(43)54)38-20-15-19-37(31-38)39-28-16-30-50-55(39)48-32-35-17-5-6-18-36(35)33-51(48)58(50,3)4/h3-38H,1-2H3;5-34H,1-4H3. The zero-order valence-corrected chi connectivity index (χ0v) is 69.1. The molecule has 572 valence electrons. The minimum atomic E-state index is -0.401. The van der Waals surface area contributed by atoms with Gasteiger partial charge in [0.25, 0.3) is 0 Å². The molecule has 1 spiro atoms. The second kappa shape index (κ2) is 26.0. The van der Waals surface area contributed by atoms with Gasteiger partial charge in [-0.05, 0) is 302 Å². The zero-order chi connectivity index (χ0) is 81.2. The number of fused-ring (bicyclic) bond motifs is 27. The van der Waals surface area contributed by atoms with Crippen LogP contribution in [0.4, 0.5) is 0 Å². The van der Waals surface area contributed by atoms with Crippen molar-refractivity contribution in [3.63, 3.8) is 0 Å². The van der Waals surface area contributed by atoms with Gasteiger partial charge in [-0.25, -0.2) is 0 Å². The fraction of sp³-hybridized carbons (Fsp3) is 0.0820. The van der Waals surface area contributed by atoms with Gasteiger partial charge in [-0.1, -0.05) is 393 Å². The molecule has 0 N–H and O–H groups in total. The van der Waals surface area contributed by atoms with Crippen LogP contribution in [0.1, 0.15) is 97.2 Å². The van der Waals surface area contributed by atoms with Crippen LogP contribution in [0, 0.1) is 0 Å². The predicted octanol–water partition coefficient (Wildman–Crippen LogP) is 32.7. The van der Waals surface area contributed by atoms with Gasteiger partial charge in [-0.15, -0.1) is 0 Å². The summed E-state index contributed by atoms with van der Waals surface area (Å²) in [6.45, 7) is 14.3. The highest BCUT2D eigenvalue weighted by Crippen LogP contribution is 2.65. The molecule has 0 saturated heterocycles. The first-order chi connectivity index (χ1) is 59.8. The van der Waals surface area contributed by atoms with Crippen LogP contribution < -0.4 is 0 Å². The summed E-state index contributed by atoms with van der Waals surface area (Å²) in [5, 5.41) is 18.0. The van der Waals surface area contributed by atoms with E-state index in [1.165, 1.54) is 253 Å². The Labute approximate surface area is 712 Å². The molecule has 26 rings (SSSR count). The molecule has 122 heavy (non-hydrogen) atoms. The van der Waals surface area contributed by atoms with E-state index in [1.54, 1.807) is 0 Å². The summed E-state index contributed by atoms with van der Waals surface area (Å²) in [5.74, 6) is 0. The summed E-state index contributed by atoms with van der Waals surface area (Å²) in [4.78, 5) is 0. The molecule has 0 bridgehead atoms. The molecule has 0 saturated carbocycles. The number of hydrogen-bond donors (Lipinski definition) is 0. The Bertz CT molecular complexity index is 7990. The van der Waals surface area contributed by atoms with Gasteiger partial charge >= 0.3 is 0 Å². The topological polar surface area (TPSA) is 0 Å². The van der Waals surface area contributed by atoms with E-state index < -0.39 is 5.41 Å². The van der Waals surface area contributed by atoms with Crippen molar-refractivity contribution in [1.29, 1.82) is 0 Å². The van der Waals surface area contributed by atoms with Gasteiger partial charge in [0.2, 0.25) is 0 Å². The predicted molar refractivity (Wildman–Crippen MR) is 517 cm³/mol. The third-order valence-electron chi connectivity index (χ3n) is 29.1. The molecule has 0 nitrogen and oxygen atoms in total. The number of rotatable bonds is 6. The van der Waals surface area contributed by atoms with Gasteiger partial charge in [0, 0.05) is 16.2 Å². The molecule has 5 aliphatic rings. The summed E-state index contributed by atoms with van der Waals surface area (Å²) < 4.78 is 0. The molecule has 0 amide bonds. The van der Waals surface area contributed by atoms with Gasteiger partial charge in [0.1, 0.15) is 0 Å². The van der Waals surface area contributed by atoms with Crippen LogP contribution in [0.25, 0.3) is 198 Å². The molecule has 0 aromatic heterocycles. The lowest BCUT2D eigenvalue weighted by atomic mass is 9.70. The summed E-state index contributed by atoms with van der Waals surface area (Å²) in [6, 6.07) is 151. The molecule has 21 aromatic rings. The Morgan fingerprint density at radius 3 is 0.852 bits per heavy atom. The lowest BCUT2D eigenvalue weighted by Gasteiger charge is -2.30. The van der Waals surface area contributed by atoms with Crippen molar-refractivity contribution < 1.29 is 0 Å². The Hall–Kier alpha value is -14.6. The molecule has 0 aliphatic heterocycles. The molecule has 0 radical (unpaired) electrons. The molecule has 0 heteroatoms. The third-order valence-corrected chi connectivity index (χ3v) is 29.1. The van der Waals surface area contributed by atoms with Crippen molar-refractivity contribution in [3.05, 3.63) is 456 Å². The zero-order valence-electron chi connectivity index (χ0n) is 69.1. The lowest BCUT2D eigenvalue weighted by molar-refractivity contribution is 0.661. The number of hydrogen-bond acceptors (Lipinski definition) is 0. The van der Waals surface area contributed by atoms with Gasteiger partial charge in [-0.2, -0.15) is 0 Å². The maximum absolute atomic E-state index is 2.54. The van der Waals surface area contributed by atoms with E-state index in [-0.39, 0.29) is 16.2 Å². The summed E-state index contributed by atoms with van der Waals surface area (Å²) in [6.07, 6.45) is 0. The van der Waals surface area contributed by atoms with Crippen molar-refractivity contribution in [1.82, 2.24) is 0 Å². The van der Waals surface area contributed by atoms with E-state index in [9.17, 15) is 0 Å². The molecule has 0 unspecified atom stereocenters. The smallest absolute Gasteiger partial charge is 0.0619 e. The molecular weight excluding hydrogens is 1470 g/mol. The summed E-state index contributed by atoms with van der Waals surface area (Å²) in [7, 11) is 0. The molecule has 21 aromatic carbocycles. The largest absolute Gasteiger partial charge is 0.0725 e. The second-order valence-corrected chi connectivity index (χ2v) is 36.3. The highest BCUT2D eigenvalue weighted by molar-refractivity contribution is 6.26. The highest BCUT2D eigenvalue weighted by atomic mass is 14.5. The fourth-order valence-electron chi connectivity index (χ4n) is 23.6. The minimum absolute atomic E-state index is 0.0930. The average molecular weight is 1550 g/mol. The second-order valence-electron chi connectivity index (χ2n) is 36.3. The van der Waals surface area contributed by atoms with Crippen LogP contribution in [0.5, 0.6) is 0 Å². The SMILES string of the molecule is CC1(C)c2cc3ccccc3cc2-c2c(-c3cccc(-c4c5ccccc5c(-c5cc6c(c7ccccc57)-c5ccccc5C6(C)C)c5ccccc45)c3)cccc21.CC1(C)c2cc3ccccc3cc2-c2c(-c3cccc(-c4c5ccccc5c(-c5ccc6c(c5)C5(c7ccccc7-c7ccccc75)c5ccccc5-6)c5ccccc45)c3)cccc21. The van der Waals surface area contributed by atoms with E-state index >= 15 is 0 Å². The quantitative estimate of drug-likeness (QED) is 0.146. The molecule has 0 fully saturated rings. The van der Waals surface area contributed by atoms with Crippen LogP contribution in [-0.2, 0) is 21.7 Å². The van der Waals surface area contributed by atoms with Gasteiger partial charge in [0.05, 0.1) is 5.41 Å². The Morgan fingerprint density at radius 2 is 0.426 bits per heavy atom. The Kier molecular flexibility index (Phi) is 15.0. The van der Waals surface area contributed by atoms with Crippen molar-refractivity contribution in [2.45, 2.75) is 63.2 Å². The molecule has 0 heterocycles. The van der Waals surface area contributed by atoms with E-state index in [0.717, 1.165) is 0 Å². The van der Waals surface area contributed by atoms with E-state index in [0.29, 0.717) is 0 Å². The first kappa shape index (κ1) is 70.5. The lowest BCUT2D eigenvalue weighted by Crippen LogP contribution is -2.25. The van der Waals surface area contributed by atoms with Crippen molar-refractivity contribution in [3.8, 4) is 122 Å². The first-order valence-electron chi connectivity index (χ1n) is 43.4. The van der Waals surface area contributed by atoms with Crippen LogP contribution in [0.15, 0.2) is 400 Å². The van der Waals surface area contributed by atoms with Gasteiger partial charge < -0.3 is 0 Å². The van der Waals surface area contributed by atoms with Crippen LogP contribution >= 0.6 is 0 Å². The van der Waals surface area contributed by atoms with Gasteiger partial charge in [0.15, 0.2) is 0 Å². The van der Waals surface area contributed by atoms with Crippen molar-refractivity contribution in [2.24, 2.45) is 0 Å². The molecule has 5 aliphatic carbocycles. The van der Waals surface area contributed by atoms with E-state index in [4.69, 9.17) is 0 Å². The highest BCUT2D eigenvalue weighted by Gasteiger charge is 2.52. The van der Waals surface area contributed by atoms with E-state index in [1.807, 2.05) is 0 Å². The maximum atomic E-state index is 2.54. The van der Waals surface area contributed by atoms with E-state index in [2.05, 4.69) is 442 Å². The molecule has 0 atom stereocenters. The van der Waals surface area contributed by atoms with Crippen LogP contribution in [-0.4, -0.2) is 0 Å². The average Bonchev–Trinajstić information content (AvgIpc) is 1.50. The maximum Gasteiger partial charge on any atom is 0.0725 e. The van der Waals surface area contributed by atoms with Crippen molar-refractivity contribution >= 4 is 75.4 Å². The summed E-state index contributed by atoms with van der Waals surface area (Å²) in [5.41, 5.74) is 41.9. The van der Waals surface area contributed by atoms with Crippen molar-refractivity contribution in [2.75, 3.05) is 0 Å². The minimum Gasteiger partial charge on any atom is -0.0619 e. The molecular formula is C122H84. The summed E-state index contributed by atoms with van der Waals surface area (Å²) >= 11 is 0. The normalized spacial score (nSPS) is 14.4. The van der Waals surface area contributed by atoms with Crippen LogP contribution in [0.2, 0.25) is 0 Å². The Morgan fingerprint density at radius 1 is 0.131 bits per heavy atom. The first-order valence-corrected chi connectivity index (χ1v) is 43.4. The van der Waals surface area contributed by atoms with Gasteiger partial charge in [-0.3, -0.25) is 0 Å². The van der Waals surface area contributed by atoms with Crippen LogP contribution in [0.3, 0.4) is 0 Å². The Balaban J connectivity index is 0.000000135. The monoisotopic (exact) mass is 1550 g/mol.